The minimum atomic E-state index is -0.979. The van der Waals surface area contributed by atoms with Gasteiger partial charge < -0.3 is 5.32 Å². The first-order valence-corrected chi connectivity index (χ1v) is 4.65. The summed E-state index contributed by atoms with van der Waals surface area (Å²) < 4.78 is 0. The molecule has 1 amide bonds. The maximum absolute atomic E-state index is 11.5. The van der Waals surface area contributed by atoms with Crippen molar-refractivity contribution in [3.05, 3.63) is 30.1 Å². The lowest BCUT2D eigenvalue weighted by Crippen LogP contribution is -2.35. The molecule has 0 aliphatic rings. The number of nitriles is 1. The van der Waals surface area contributed by atoms with Crippen LogP contribution in [0.2, 0.25) is 0 Å². The van der Waals surface area contributed by atoms with E-state index in [9.17, 15) is 4.79 Å². The van der Waals surface area contributed by atoms with Crippen LogP contribution in [0.3, 0.4) is 0 Å². The van der Waals surface area contributed by atoms with Gasteiger partial charge in [0.2, 0.25) is 5.91 Å². The fraction of sp³-hybridized carbons (Fsp3) is 0.364. The highest BCUT2D eigenvalue weighted by Crippen LogP contribution is 2.12. The van der Waals surface area contributed by atoms with Gasteiger partial charge in [-0.3, -0.25) is 9.78 Å². The molecular weight excluding hydrogens is 190 g/mol. The topological polar surface area (TPSA) is 65.8 Å². The summed E-state index contributed by atoms with van der Waals surface area (Å²) in [6.45, 7) is 3.61. The lowest BCUT2D eigenvalue weighted by atomic mass is 9.95. The Morgan fingerprint density at radius 2 is 2.13 bits per heavy atom. The highest BCUT2D eigenvalue weighted by molar-refractivity contribution is 5.84. The molecule has 1 aromatic rings. The Labute approximate surface area is 88.9 Å². The van der Waals surface area contributed by atoms with Crippen molar-refractivity contribution >= 4 is 5.91 Å². The number of carbonyl (C=O) groups excluding carboxylic acids is 1. The molecule has 15 heavy (non-hydrogen) atoms. The second-order valence-corrected chi connectivity index (χ2v) is 3.77. The zero-order valence-corrected chi connectivity index (χ0v) is 8.82. The van der Waals surface area contributed by atoms with Gasteiger partial charge in [0.1, 0.15) is 5.41 Å². The van der Waals surface area contributed by atoms with Crippen LogP contribution in [0.15, 0.2) is 24.5 Å². The van der Waals surface area contributed by atoms with Crippen LogP contribution in [0, 0.1) is 16.7 Å². The Bertz CT molecular complexity index is 379. The Balaban J connectivity index is 2.53. The molecule has 0 bridgehead atoms. The third kappa shape index (κ3) is 3.06. The largest absolute Gasteiger partial charge is 0.351 e. The first-order chi connectivity index (χ1) is 7.06. The number of hydrogen-bond donors (Lipinski definition) is 1. The van der Waals surface area contributed by atoms with Crippen molar-refractivity contribution in [2.45, 2.75) is 20.4 Å². The molecule has 4 heteroatoms. The molecule has 1 heterocycles. The molecule has 0 spiro atoms. The van der Waals surface area contributed by atoms with Crippen LogP contribution in [-0.4, -0.2) is 10.9 Å². The Kier molecular flexibility index (Phi) is 3.40. The lowest BCUT2D eigenvalue weighted by Gasteiger charge is -2.14. The van der Waals surface area contributed by atoms with Crippen molar-refractivity contribution in [2.75, 3.05) is 0 Å². The molecule has 1 rings (SSSR count). The summed E-state index contributed by atoms with van der Waals surface area (Å²) in [5, 5.41) is 11.4. The van der Waals surface area contributed by atoms with E-state index in [1.54, 1.807) is 26.2 Å². The minimum absolute atomic E-state index is 0.262. The SMILES string of the molecule is CC(C)(C#N)C(=O)NCc1ccncc1. The molecule has 0 saturated heterocycles. The summed E-state index contributed by atoms with van der Waals surface area (Å²) in [6, 6.07) is 5.59. The van der Waals surface area contributed by atoms with Crippen molar-refractivity contribution in [1.82, 2.24) is 10.3 Å². The van der Waals surface area contributed by atoms with Gasteiger partial charge in [0, 0.05) is 18.9 Å². The van der Waals surface area contributed by atoms with Crippen molar-refractivity contribution in [2.24, 2.45) is 5.41 Å². The standard InChI is InChI=1S/C11H13N3O/c1-11(2,8-12)10(15)14-7-9-3-5-13-6-4-9/h3-6H,7H2,1-2H3,(H,14,15). The quantitative estimate of drug-likeness (QED) is 0.803. The third-order valence-corrected chi connectivity index (χ3v) is 2.05. The van der Waals surface area contributed by atoms with Crippen LogP contribution in [0.4, 0.5) is 0 Å². The number of amides is 1. The number of nitrogens with zero attached hydrogens (tertiary/aromatic N) is 2. The van der Waals surface area contributed by atoms with Crippen LogP contribution in [0.25, 0.3) is 0 Å². The van der Waals surface area contributed by atoms with Gasteiger partial charge in [-0.2, -0.15) is 5.26 Å². The summed E-state index contributed by atoms with van der Waals surface area (Å²) in [4.78, 5) is 15.4. The molecular formula is C11H13N3O. The predicted octanol–water partition coefficient (Wildman–Crippen LogP) is 1.25. The zero-order chi connectivity index (χ0) is 11.3. The average Bonchev–Trinajstić information content (AvgIpc) is 2.27. The van der Waals surface area contributed by atoms with Crippen molar-refractivity contribution in [3.8, 4) is 6.07 Å². The summed E-state index contributed by atoms with van der Waals surface area (Å²) >= 11 is 0. The second kappa shape index (κ2) is 4.56. The highest BCUT2D eigenvalue weighted by atomic mass is 16.2. The van der Waals surface area contributed by atoms with E-state index in [1.165, 1.54) is 0 Å². The van der Waals surface area contributed by atoms with E-state index in [1.807, 2.05) is 18.2 Å². The number of pyridine rings is 1. The number of rotatable bonds is 3. The molecule has 0 aliphatic heterocycles. The Morgan fingerprint density at radius 1 is 1.53 bits per heavy atom. The molecule has 4 nitrogen and oxygen atoms in total. The number of hydrogen-bond acceptors (Lipinski definition) is 3. The fourth-order valence-corrected chi connectivity index (χ4v) is 0.955. The van der Waals surface area contributed by atoms with Gasteiger partial charge >= 0.3 is 0 Å². The summed E-state index contributed by atoms with van der Waals surface area (Å²) in [5.74, 6) is -0.262. The van der Waals surface area contributed by atoms with E-state index in [0.717, 1.165) is 5.56 Å². The predicted molar refractivity (Wildman–Crippen MR) is 55.5 cm³/mol. The van der Waals surface area contributed by atoms with Crippen LogP contribution in [0.1, 0.15) is 19.4 Å². The van der Waals surface area contributed by atoms with E-state index in [2.05, 4.69) is 10.3 Å². The molecule has 0 atom stereocenters. The van der Waals surface area contributed by atoms with Gasteiger partial charge in [0.15, 0.2) is 0 Å². The van der Waals surface area contributed by atoms with Gasteiger partial charge in [-0.25, -0.2) is 0 Å². The van der Waals surface area contributed by atoms with E-state index >= 15 is 0 Å². The molecule has 78 valence electrons. The van der Waals surface area contributed by atoms with Gasteiger partial charge in [-0.05, 0) is 31.5 Å². The highest BCUT2D eigenvalue weighted by Gasteiger charge is 2.26. The molecule has 0 aliphatic carbocycles. The molecule has 0 fully saturated rings. The molecule has 0 unspecified atom stereocenters. The summed E-state index contributed by atoms with van der Waals surface area (Å²) in [5.41, 5.74) is -0.0142. The Hall–Kier alpha value is -1.89. The Morgan fingerprint density at radius 3 is 2.67 bits per heavy atom. The van der Waals surface area contributed by atoms with Crippen LogP contribution < -0.4 is 5.32 Å². The van der Waals surface area contributed by atoms with E-state index in [-0.39, 0.29) is 5.91 Å². The van der Waals surface area contributed by atoms with Crippen molar-refractivity contribution in [1.29, 1.82) is 5.26 Å². The van der Waals surface area contributed by atoms with Crippen LogP contribution in [-0.2, 0) is 11.3 Å². The summed E-state index contributed by atoms with van der Waals surface area (Å²) in [6.07, 6.45) is 3.33. The molecule has 0 saturated carbocycles. The van der Waals surface area contributed by atoms with E-state index in [0.29, 0.717) is 6.54 Å². The normalized spacial score (nSPS) is 10.5. The van der Waals surface area contributed by atoms with Crippen LogP contribution in [0.5, 0.6) is 0 Å². The third-order valence-electron chi connectivity index (χ3n) is 2.05. The maximum Gasteiger partial charge on any atom is 0.240 e. The lowest BCUT2D eigenvalue weighted by molar-refractivity contribution is -0.126. The number of carbonyl (C=O) groups is 1. The number of nitrogens with one attached hydrogen (secondary N) is 1. The monoisotopic (exact) mass is 203 g/mol. The average molecular weight is 203 g/mol. The molecule has 0 radical (unpaired) electrons. The van der Waals surface area contributed by atoms with Gasteiger partial charge in [0.05, 0.1) is 6.07 Å². The van der Waals surface area contributed by atoms with Gasteiger partial charge in [0.25, 0.3) is 0 Å². The summed E-state index contributed by atoms with van der Waals surface area (Å²) in [7, 11) is 0. The van der Waals surface area contributed by atoms with Crippen LogP contribution >= 0.6 is 0 Å². The molecule has 1 N–H and O–H groups in total. The van der Waals surface area contributed by atoms with Crippen molar-refractivity contribution < 1.29 is 4.79 Å². The van der Waals surface area contributed by atoms with Gasteiger partial charge in [-0.1, -0.05) is 0 Å². The van der Waals surface area contributed by atoms with Gasteiger partial charge in [-0.15, -0.1) is 0 Å². The van der Waals surface area contributed by atoms with E-state index < -0.39 is 5.41 Å². The van der Waals surface area contributed by atoms with Crippen molar-refractivity contribution in [3.63, 3.8) is 0 Å². The minimum Gasteiger partial charge on any atom is -0.351 e. The zero-order valence-electron chi connectivity index (χ0n) is 8.82. The number of aromatic nitrogens is 1. The fourth-order valence-electron chi connectivity index (χ4n) is 0.955. The molecule has 1 aromatic heterocycles. The van der Waals surface area contributed by atoms with E-state index in [4.69, 9.17) is 5.26 Å². The second-order valence-electron chi connectivity index (χ2n) is 3.77. The molecule has 0 aromatic carbocycles. The maximum atomic E-state index is 11.5. The first kappa shape index (κ1) is 11.2. The smallest absolute Gasteiger partial charge is 0.240 e. The first-order valence-electron chi connectivity index (χ1n) is 4.65.